The van der Waals surface area contributed by atoms with Gasteiger partial charge in [0.25, 0.3) is 0 Å². The zero-order valence-electron chi connectivity index (χ0n) is 9.08. The average molecular weight is 225 g/mol. The molecule has 0 spiro atoms. The fourth-order valence-electron chi connectivity index (χ4n) is 1.62. The Labute approximate surface area is 93.0 Å². The summed E-state index contributed by atoms with van der Waals surface area (Å²) in [6, 6.07) is 0. The summed E-state index contributed by atoms with van der Waals surface area (Å²) >= 11 is 12.4. The van der Waals surface area contributed by atoms with E-state index in [0.717, 1.165) is 19.3 Å². The van der Waals surface area contributed by atoms with Crippen molar-refractivity contribution in [3.05, 3.63) is 0 Å². The predicted octanol–water partition coefficient (Wildman–Crippen LogP) is 4.97. The van der Waals surface area contributed by atoms with E-state index in [1.54, 1.807) is 0 Å². The molecule has 2 unspecified atom stereocenters. The number of halogens is 2. The molecule has 0 aliphatic carbocycles. The molecule has 0 aliphatic heterocycles. The first kappa shape index (κ1) is 13.6. The number of alkyl halides is 2. The molecule has 0 aromatic rings. The highest BCUT2D eigenvalue weighted by Crippen LogP contribution is 2.33. The van der Waals surface area contributed by atoms with Crippen LogP contribution in [0.25, 0.3) is 0 Å². The van der Waals surface area contributed by atoms with Gasteiger partial charge in [0.1, 0.15) is 0 Å². The first-order valence-electron chi connectivity index (χ1n) is 5.37. The highest BCUT2D eigenvalue weighted by atomic mass is 35.5. The molecular formula is C11H22Cl2. The second-order valence-corrected chi connectivity index (χ2v) is 5.49. The molecule has 0 amide bonds. The maximum atomic E-state index is 6.47. The number of unbranched alkanes of at least 4 members (excludes halogenated alkanes) is 2. The predicted molar refractivity (Wildman–Crippen MR) is 62.9 cm³/mol. The van der Waals surface area contributed by atoms with Crippen molar-refractivity contribution >= 4 is 23.2 Å². The highest BCUT2D eigenvalue weighted by molar-refractivity contribution is 6.25. The Hall–Kier alpha value is 0.580. The van der Waals surface area contributed by atoms with Crippen molar-refractivity contribution in [3.63, 3.8) is 0 Å². The molecule has 80 valence electrons. The van der Waals surface area contributed by atoms with Gasteiger partial charge in [-0.3, -0.25) is 0 Å². The summed E-state index contributed by atoms with van der Waals surface area (Å²) in [5.41, 5.74) is 0. The molecule has 0 saturated heterocycles. The second-order valence-electron chi connectivity index (χ2n) is 3.95. The summed E-state index contributed by atoms with van der Waals surface area (Å²) < 4.78 is 0. The summed E-state index contributed by atoms with van der Waals surface area (Å²) in [6.07, 6.45) is 6.83. The van der Waals surface area contributed by atoms with Gasteiger partial charge < -0.3 is 0 Å². The molecule has 0 heterocycles. The van der Waals surface area contributed by atoms with E-state index in [-0.39, 0.29) is 10.3 Å². The van der Waals surface area contributed by atoms with Crippen LogP contribution < -0.4 is 0 Å². The molecule has 0 rings (SSSR count). The summed E-state index contributed by atoms with van der Waals surface area (Å²) in [5, 5.41) is 0.194. The van der Waals surface area contributed by atoms with Gasteiger partial charge in [-0.1, -0.05) is 33.1 Å². The fraction of sp³-hybridized carbons (Fsp3) is 1.00. The van der Waals surface area contributed by atoms with Crippen molar-refractivity contribution in [1.29, 1.82) is 0 Å². The second kappa shape index (κ2) is 6.95. The first-order chi connectivity index (χ1) is 6.04. The zero-order chi connectivity index (χ0) is 10.3. The van der Waals surface area contributed by atoms with Gasteiger partial charge in [-0.2, -0.15) is 0 Å². The lowest BCUT2D eigenvalue weighted by atomic mass is 9.93. The van der Waals surface area contributed by atoms with Crippen molar-refractivity contribution in [1.82, 2.24) is 0 Å². The molecule has 0 aromatic heterocycles. The van der Waals surface area contributed by atoms with Crippen LogP contribution in [0.1, 0.15) is 59.3 Å². The van der Waals surface area contributed by atoms with Gasteiger partial charge in [0.05, 0.1) is 0 Å². The molecular weight excluding hydrogens is 203 g/mol. The Morgan fingerprint density at radius 3 is 2.23 bits per heavy atom. The van der Waals surface area contributed by atoms with Crippen LogP contribution in [-0.2, 0) is 0 Å². The Morgan fingerprint density at radius 1 is 1.23 bits per heavy atom. The van der Waals surface area contributed by atoms with Gasteiger partial charge in [-0.05, 0) is 26.2 Å². The molecule has 0 aromatic carbocycles. The number of hydrogen-bond acceptors (Lipinski definition) is 0. The Morgan fingerprint density at radius 2 is 1.85 bits per heavy atom. The molecule has 0 fully saturated rings. The molecule has 13 heavy (non-hydrogen) atoms. The van der Waals surface area contributed by atoms with Crippen molar-refractivity contribution in [2.45, 2.75) is 69.5 Å². The van der Waals surface area contributed by atoms with E-state index >= 15 is 0 Å². The Kier molecular flexibility index (Phi) is 7.26. The van der Waals surface area contributed by atoms with Crippen LogP contribution in [-0.4, -0.2) is 10.3 Å². The average Bonchev–Trinajstić information content (AvgIpc) is 2.04. The van der Waals surface area contributed by atoms with Gasteiger partial charge >= 0.3 is 0 Å². The van der Waals surface area contributed by atoms with Crippen LogP contribution in [0.15, 0.2) is 0 Å². The summed E-state index contributed by atoms with van der Waals surface area (Å²) in [4.78, 5) is -0.0453. The lowest BCUT2D eigenvalue weighted by molar-refractivity contribution is 0.450. The minimum Gasteiger partial charge on any atom is -0.123 e. The van der Waals surface area contributed by atoms with Gasteiger partial charge in [0.2, 0.25) is 0 Å². The molecule has 0 radical (unpaired) electrons. The minimum absolute atomic E-state index is 0.0453. The van der Waals surface area contributed by atoms with E-state index in [4.69, 9.17) is 23.2 Å². The van der Waals surface area contributed by atoms with Gasteiger partial charge in [-0.15, -0.1) is 23.2 Å². The Balaban J connectivity index is 3.81. The molecule has 2 heteroatoms. The van der Waals surface area contributed by atoms with Gasteiger partial charge in [-0.25, -0.2) is 0 Å². The summed E-state index contributed by atoms with van der Waals surface area (Å²) in [6.45, 7) is 6.39. The molecule has 0 nitrogen and oxygen atoms in total. The van der Waals surface area contributed by atoms with E-state index in [1.807, 2.05) is 6.92 Å². The minimum atomic E-state index is -0.0453. The highest BCUT2D eigenvalue weighted by Gasteiger charge is 2.25. The van der Waals surface area contributed by atoms with Crippen LogP contribution in [0.2, 0.25) is 0 Å². The molecule has 2 atom stereocenters. The number of rotatable bonds is 7. The van der Waals surface area contributed by atoms with Gasteiger partial charge in [0, 0.05) is 10.3 Å². The molecule has 0 bridgehead atoms. The maximum absolute atomic E-state index is 6.47. The van der Waals surface area contributed by atoms with E-state index in [2.05, 4.69) is 13.8 Å². The third-order valence-corrected chi connectivity index (χ3v) is 3.27. The standard InChI is InChI=1S/C11H22Cl2/c1-4-6-7-8-11(13,5-2)9-10(3)12/h10H,4-9H2,1-3H3. The lowest BCUT2D eigenvalue weighted by Crippen LogP contribution is -2.23. The SMILES string of the molecule is CCCCCC(Cl)(CC)CC(C)Cl. The monoisotopic (exact) mass is 224 g/mol. The normalized spacial score (nSPS) is 18.2. The topological polar surface area (TPSA) is 0 Å². The molecule has 0 saturated carbocycles. The van der Waals surface area contributed by atoms with E-state index < -0.39 is 0 Å². The fourth-order valence-corrected chi connectivity index (χ4v) is 2.36. The quantitative estimate of drug-likeness (QED) is 0.423. The van der Waals surface area contributed by atoms with Crippen LogP contribution >= 0.6 is 23.2 Å². The smallest absolute Gasteiger partial charge is 0.0458 e. The molecule has 0 aliphatic rings. The van der Waals surface area contributed by atoms with Crippen molar-refractivity contribution in [2.24, 2.45) is 0 Å². The largest absolute Gasteiger partial charge is 0.123 e. The number of hydrogen-bond donors (Lipinski definition) is 0. The van der Waals surface area contributed by atoms with Gasteiger partial charge in [0.15, 0.2) is 0 Å². The Bertz CT molecular complexity index is 123. The third-order valence-electron chi connectivity index (χ3n) is 2.51. The van der Waals surface area contributed by atoms with E-state index in [0.29, 0.717) is 0 Å². The van der Waals surface area contributed by atoms with E-state index in [9.17, 15) is 0 Å². The third kappa shape index (κ3) is 6.62. The van der Waals surface area contributed by atoms with Crippen molar-refractivity contribution in [2.75, 3.05) is 0 Å². The van der Waals surface area contributed by atoms with Crippen molar-refractivity contribution < 1.29 is 0 Å². The first-order valence-corrected chi connectivity index (χ1v) is 6.18. The summed E-state index contributed by atoms with van der Waals surface area (Å²) in [5.74, 6) is 0. The summed E-state index contributed by atoms with van der Waals surface area (Å²) in [7, 11) is 0. The van der Waals surface area contributed by atoms with Crippen LogP contribution in [0.5, 0.6) is 0 Å². The van der Waals surface area contributed by atoms with Crippen LogP contribution in [0.3, 0.4) is 0 Å². The molecule has 0 N–H and O–H groups in total. The van der Waals surface area contributed by atoms with E-state index in [1.165, 1.54) is 19.3 Å². The van der Waals surface area contributed by atoms with Crippen LogP contribution in [0, 0.1) is 0 Å². The lowest BCUT2D eigenvalue weighted by Gasteiger charge is -2.26. The maximum Gasteiger partial charge on any atom is 0.0458 e. The zero-order valence-corrected chi connectivity index (χ0v) is 10.6. The van der Waals surface area contributed by atoms with Crippen LogP contribution in [0.4, 0.5) is 0 Å². The van der Waals surface area contributed by atoms with Crippen molar-refractivity contribution in [3.8, 4) is 0 Å².